The minimum atomic E-state index is -1.07. The summed E-state index contributed by atoms with van der Waals surface area (Å²) in [5.74, 6) is -1.53. The monoisotopic (exact) mass is 416 g/mol. The van der Waals surface area contributed by atoms with Crippen LogP contribution in [0.25, 0.3) is 0 Å². The van der Waals surface area contributed by atoms with Gasteiger partial charge in [0.05, 0.1) is 5.56 Å². The Bertz CT molecular complexity index is 740. The van der Waals surface area contributed by atoms with Crippen molar-refractivity contribution in [3.63, 3.8) is 0 Å². The summed E-state index contributed by atoms with van der Waals surface area (Å²) in [5.41, 5.74) is 3.29. The molecule has 0 saturated carbocycles. The van der Waals surface area contributed by atoms with Crippen molar-refractivity contribution in [2.45, 2.75) is 98.3 Å². The highest BCUT2D eigenvalue weighted by molar-refractivity contribution is 5.91. The molecule has 4 nitrogen and oxygen atoms in total. The number of carboxylic acid groups (broad SMARTS) is 1. The van der Waals surface area contributed by atoms with Gasteiger partial charge < -0.3 is 15.3 Å². The molecule has 168 valence electrons. The Hall–Kier alpha value is -2.23. The molecular formula is C26H40O4. The number of aryl methyl sites for hydroxylation is 1. The molecule has 1 aromatic rings. The van der Waals surface area contributed by atoms with E-state index in [0.29, 0.717) is 18.4 Å². The normalized spacial score (nSPS) is 11.5. The smallest absolute Gasteiger partial charge is 0.336 e. The number of phenolic OH excluding ortho intramolecular Hbond substituents is 2. The number of hydrogen-bond donors (Lipinski definition) is 3. The van der Waals surface area contributed by atoms with Gasteiger partial charge in [-0.25, -0.2) is 4.79 Å². The Morgan fingerprint density at radius 3 is 2.17 bits per heavy atom. The number of hydrogen-bond acceptors (Lipinski definition) is 3. The van der Waals surface area contributed by atoms with E-state index in [0.717, 1.165) is 37.7 Å². The number of benzene rings is 1. The van der Waals surface area contributed by atoms with E-state index in [9.17, 15) is 20.1 Å². The molecule has 0 saturated heterocycles. The van der Waals surface area contributed by atoms with Gasteiger partial charge in [-0.3, -0.25) is 0 Å². The van der Waals surface area contributed by atoms with Crippen LogP contribution in [0.1, 0.15) is 107 Å². The van der Waals surface area contributed by atoms with E-state index in [2.05, 4.69) is 26.8 Å². The molecule has 0 aliphatic rings. The van der Waals surface area contributed by atoms with Crippen molar-refractivity contribution in [3.8, 4) is 11.5 Å². The number of rotatable bonds is 14. The second-order valence-corrected chi connectivity index (χ2v) is 8.51. The third-order valence-corrected chi connectivity index (χ3v) is 5.48. The largest absolute Gasteiger partial charge is 0.504 e. The second kappa shape index (κ2) is 13.9. The molecule has 0 radical (unpaired) electrons. The first-order valence-electron chi connectivity index (χ1n) is 11.4. The summed E-state index contributed by atoms with van der Waals surface area (Å²) in [6.45, 7) is 8.33. The Morgan fingerprint density at radius 2 is 1.57 bits per heavy atom. The van der Waals surface area contributed by atoms with Gasteiger partial charge in [0.15, 0.2) is 11.5 Å². The summed E-state index contributed by atoms with van der Waals surface area (Å²) in [4.78, 5) is 11.8. The Kier molecular flexibility index (Phi) is 12.0. The maximum Gasteiger partial charge on any atom is 0.336 e. The van der Waals surface area contributed by atoms with E-state index >= 15 is 0 Å². The second-order valence-electron chi connectivity index (χ2n) is 8.51. The molecule has 3 N–H and O–H groups in total. The van der Waals surface area contributed by atoms with Crippen LogP contribution in [0.3, 0.4) is 0 Å². The number of phenols is 2. The van der Waals surface area contributed by atoms with Crippen molar-refractivity contribution in [2.24, 2.45) is 0 Å². The molecule has 0 bridgehead atoms. The summed E-state index contributed by atoms with van der Waals surface area (Å²) in [6, 6.07) is 1.54. The van der Waals surface area contributed by atoms with Gasteiger partial charge in [0.25, 0.3) is 0 Å². The predicted octanol–water partition coefficient (Wildman–Crippen LogP) is 7.32. The lowest BCUT2D eigenvalue weighted by atomic mass is 9.95. The summed E-state index contributed by atoms with van der Waals surface area (Å²) >= 11 is 0. The average molecular weight is 417 g/mol. The highest BCUT2D eigenvalue weighted by atomic mass is 16.4. The van der Waals surface area contributed by atoms with Crippen molar-refractivity contribution >= 4 is 5.97 Å². The van der Waals surface area contributed by atoms with Crippen molar-refractivity contribution < 1.29 is 20.1 Å². The first-order chi connectivity index (χ1) is 14.3. The Morgan fingerprint density at radius 1 is 0.933 bits per heavy atom. The van der Waals surface area contributed by atoms with E-state index in [-0.39, 0.29) is 22.6 Å². The standard InChI is InChI=1S/C26H40O4/c1-5-6-7-8-9-10-11-15-21-18-23(26(29)30)22(25(28)24(21)27)17-16-20(4)14-12-13-19(2)3/h13,16,18,27-28H,5-12,14-15,17H2,1-4H3,(H,29,30)/b20-16+. The molecule has 0 aliphatic heterocycles. The third-order valence-electron chi connectivity index (χ3n) is 5.48. The van der Waals surface area contributed by atoms with E-state index < -0.39 is 5.97 Å². The summed E-state index contributed by atoms with van der Waals surface area (Å²) in [5, 5.41) is 30.6. The van der Waals surface area contributed by atoms with Gasteiger partial charge in [0, 0.05) is 5.56 Å². The number of aromatic hydroxyl groups is 2. The molecule has 1 rings (SSSR count). The molecular weight excluding hydrogens is 376 g/mol. The summed E-state index contributed by atoms with van der Waals surface area (Å²) in [7, 11) is 0. The maximum absolute atomic E-state index is 11.8. The topological polar surface area (TPSA) is 77.8 Å². The lowest BCUT2D eigenvalue weighted by molar-refractivity contribution is 0.0695. The van der Waals surface area contributed by atoms with Gasteiger partial charge >= 0.3 is 5.97 Å². The Labute approximate surface area is 182 Å². The van der Waals surface area contributed by atoms with E-state index in [1.165, 1.54) is 37.3 Å². The fourth-order valence-corrected chi connectivity index (χ4v) is 3.58. The molecule has 0 heterocycles. The van der Waals surface area contributed by atoms with Crippen LogP contribution in [0, 0.1) is 0 Å². The number of carboxylic acids is 1. The van der Waals surface area contributed by atoms with Crippen molar-refractivity contribution in [1.29, 1.82) is 0 Å². The van der Waals surface area contributed by atoms with Crippen LogP contribution in [-0.2, 0) is 12.8 Å². The highest BCUT2D eigenvalue weighted by Crippen LogP contribution is 2.37. The van der Waals surface area contributed by atoms with Gasteiger partial charge in [-0.1, -0.05) is 68.7 Å². The van der Waals surface area contributed by atoms with Gasteiger partial charge in [-0.15, -0.1) is 0 Å². The van der Waals surface area contributed by atoms with Crippen molar-refractivity contribution in [3.05, 3.63) is 46.1 Å². The fraction of sp³-hybridized carbons (Fsp3) is 0.577. The van der Waals surface area contributed by atoms with Crippen LogP contribution in [0.15, 0.2) is 29.4 Å². The van der Waals surface area contributed by atoms with Crippen LogP contribution in [0.2, 0.25) is 0 Å². The average Bonchev–Trinajstić information content (AvgIpc) is 2.68. The molecule has 0 atom stereocenters. The quantitative estimate of drug-likeness (QED) is 0.169. The molecule has 0 unspecified atom stereocenters. The predicted molar refractivity (Wildman–Crippen MR) is 125 cm³/mol. The molecule has 0 fully saturated rings. The van der Waals surface area contributed by atoms with Crippen molar-refractivity contribution in [2.75, 3.05) is 0 Å². The zero-order valence-electron chi connectivity index (χ0n) is 19.3. The van der Waals surface area contributed by atoms with Crippen LogP contribution in [0.5, 0.6) is 11.5 Å². The minimum absolute atomic E-state index is 0.0802. The lowest BCUT2D eigenvalue weighted by Gasteiger charge is -2.14. The summed E-state index contributed by atoms with van der Waals surface area (Å²) in [6.07, 6.45) is 14.8. The van der Waals surface area contributed by atoms with Gasteiger partial charge in [-0.05, 0) is 64.5 Å². The first-order valence-corrected chi connectivity index (χ1v) is 11.4. The van der Waals surface area contributed by atoms with E-state index in [1.807, 2.05) is 13.0 Å². The lowest BCUT2D eigenvalue weighted by Crippen LogP contribution is -2.05. The molecule has 0 aromatic heterocycles. The SMILES string of the molecule is CCCCCCCCCc1cc(C(=O)O)c(C/C=C(\C)CCC=C(C)C)c(O)c1O. The van der Waals surface area contributed by atoms with Crippen LogP contribution in [-0.4, -0.2) is 21.3 Å². The number of unbranched alkanes of at least 4 members (excludes halogenated alkanes) is 6. The molecule has 0 spiro atoms. The third kappa shape index (κ3) is 9.06. The first kappa shape index (κ1) is 25.8. The zero-order chi connectivity index (χ0) is 22.5. The minimum Gasteiger partial charge on any atom is -0.504 e. The maximum atomic E-state index is 11.8. The highest BCUT2D eigenvalue weighted by Gasteiger charge is 2.20. The molecule has 1 aromatic carbocycles. The summed E-state index contributed by atoms with van der Waals surface area (Å²) < 4.78 is 0. The van der Waals surface area contributed by atoms with Gasteiger partial charge in [0.2, 0.25) is 0 Å². The van der Waals surface area contributed by atoms with Crippen LogP contribution >= 0.6 is 0 Å². The molecule has 0 amide bonds. The van der Waals surface area contributed by atoms with Gasteiger partial charge in [0.1, 0.15) is 0 Å². The molecule has 4 heteroatoms. The van der Waals surface area contributed by atoms with Crippen LogP contribution < -0.4 is 0 Å². The number of allylic oxidation sites excluding steroid dienone is 4. The molecule has 30 heavy (non-hydrogen) atoms. The Balaban J connectivity index is 2.83. The fourth-order valence-electron chi connectivity index (χ4n) is 3.58. The van der Waals surface area contributed by atoms with Crippen LogP contribution in [0.4, 0.5) is 0 Å². The van der Waals surface area contributed by atoms with E-state index in [4.69, 9.17) is 0 Å². The zero-order valence-corrected chi connectivity index (χ0v) is 19.3. The van der Waals surface area contributed by atoms with E-state index in [1.54, 1.807) is 0 Å². The number of carbonyl (C=O) groups is 1. The van der Waals surface area contributed by atoms with Gasteiger partial charge in [-0.2, -0.15) is 0 Å². The number of aromatic carboxylic acids is 1. The molecule has 0 aliphatic carbocycles. The van der Waals surface area contributed by atoms with Crippen molar-refractivity contribution in [1.82, 2.24) is 0 Å².